The van der Waals surface area contributed by atoms with Crippen LogP contribution in [0.15, 0.2) is 73.1 Å². The van der Waals surface area contributed by atoms with Gasteiger partial charge in [0.25, 0.3) is 0 Å². The number of allylic oxidation sites excluding steroid dienone is 3. The molecule has 2 aromatic rings. The molecule has 3 rings (SSSR count). The van der Waals surface area contributed by atoms with Crippen molar-refractivity contribution >= 4 is 11.3 Å². The number of hydrogen-bond acceptors (Lipinski definition) is 2. The highest BCUT2D eigenvalue weighted by molar-refractivity contribution is 5.83. The van der Waals surface area contributed by atoms with Crippen molar-refractivity contribution in [2.24, 2.45) is 0 Å². The van der Waals surface area contributed by atoms with Crippen LogP contribution < -0.4 is 10.6 Å². The Morgan fingerprint density at radius 3 is 2.67 bits per heavy atom. The lowest BCUT2D eigenvalue weighted by Crippen LogP contribution is -2.13. The number of hydrogen-bond donors (Lipinski definition) is 2. The van der Waals surface area contributed by atoms with Gasteiger partial charge in [-0.25, -0.2) is 4.39 Å². The lowest BCUT2D eigenvalue weighted by atomic mass is 9.93. The second-order valence-electron chi connectivity index (χ2n) is 8.00. The monoisotopic (exact) mass is 404 g/mol. The zero-order valence-corrected chi connectivity index (χ0v) is 18.1. The molecule has 0 unspecified atom stereocenters. The highest BCUT2D eigenvalue weighted by Gasteiger charge is 2.19. The van der Waals surface area contributed by atoms with E-state index >= 15 is 0 Å². The molecule has 158 valence electrons. The number of anilines is 1. The summed E-state index contributed by atoms with van der Waals surface area (Å²) in [7, 11) is 0. The molecule has 2 aromatic carbocycles. The first-order chi connectivity index (χ1) is 14.6. The minimum atomic E-state index is -0.168. The van der Waals surface area contributed by atoms with E-state index in [-0.39, 0.29) is 5.82 Å². The molecule has 0 bridgehead atoms. The summed E-state index contributed by atoms with van der Waals surface area (Å²) in [5.74, 6) is -0.168. The molecule has 1 heterocycles. The molecule has 0 aliphatic carbocycles. The molecule has 2 nitrogen and oxygen atoms in total. The summed E-state index contributed by atoms with van der Waals surface area (Å²) in [5, 5.41) is 6.80. The Kier molecular flexibility index (Phi) is 7.89. The van der Waals surface area contributed by atoms with Gasteiger partial charge in [0, 0.05) is 41.7 Å². The van der Waals surface area contributed by atoms with E-state index in [4.69, 9.17) is 0 Å². The molecule has 1 aliphatic heterocycles. The number of rotatable bonds is 10. The Balaban J connectivity index is 1.66. The Morgan fingerprint density at radius 1 is 1.10 bits per heavy atom. The Hall–Kier alpha value is -2.81. The average Bonchev–Trinajstić information content (AvgIpc) is 2.93. The first kappa shape index (κ1) is 21.9. The van der Waals surface area contributed by atoms with Gasteiger partial charge in [0.15, 0.2) is 0 Å². The van der Waals surface area contributed by atoms with Crippen molar-refractivity contribution in [2.75, 3.05) is 11.9 Å². The molecular formula is C27H33FN2. The lowest BCUT2D eigenvalue weighted by Gasteiger charge is -2.14. The van der Waals surface area contributed by atoms with Crippen LogP contribution in [0.2, 0.25) is 0 Å². The third-order valence-corrected chi connectivity index (χ3v) is 5.64. The number of nitrogens with one attached hydrogen (secondary N) is 2. The Labute approximate surface area is 180 Å². The zero-order valence-electron chi connectivity index (χ0n) is 18.1. The summed E-state index contributed by atoms with van der Waals surface area (Å²) in [6.07, 6.45) is 8.87. The molecule has 0 spiro atoms. The van der Waals surface area contributed by atoms with Crippen LogP contribution >= 0.6 is 0 Å². The first-order valence-corrected chi connectivity index (χ1v) is 11.0. The maximum Gasteiger partial charge on any atom is 0.128 e. The van der Waals surface area contributed by atoms with E-state index in [0.717, 1.165) is 65.9 Å². The van der Waals surface area contributed by atoms with Gasteiger partial charge in [-0.2, -0.15) is 0 Å². The summed E-state index contributed by atoms with van der Waals surface area (Å²) >= 11 is 0. The summed E-state index contributed by atoms with van der Waals surface area (Å²) in [4.78, 5) is 0. The van der Waals surface area contributed by atoms with Crippen LogP contribution in [0, 0.1) is 5.82 Å². The number of benzene rings is 2. The van der Waals surface area contributed by atoms with E-state index in [9.17, 15) is 4.39 Å². The maximum absolute atomic E-state index is 14.7. The third-order valence-electron chi connectivity index (χ3n) is 5.64. The molecule has 0 aromatic heterocycles. The SMILES string of the molecule is C=C(CCCCc1ccc(F)c2c1NC=C(c1ccccc1)C(=C)C2)NCCCC. The fraction of sp³-hybridized carbons (Fsp3) is 0.333. The van der Waals surface area contributed by atoms with Gasteiger partial charge in [0.2, 0.25) is 0 Å². The van der Waals surface area contributed by atoms with Crippen molar-refractivity contribution in [1.29, 1.82) is 0 Å². The van der Waals surface area contributed by atoms with Crippen LogP contribution in [-0.4, -0.2) is 6.54 Å². The number of fused-ring (bicyclic) bond motifs is 1. The lowest BCUT2D eigenvalue weighted by molar-refractivity contribution is 0.613. The van der Waals surface area contributed by atoms with Gasteiger partial charge >= 0.3 is 0 Å². The summed E-state index contributed by atoms with van der Waals surface area (Å²) in [5.41, 5.74) is 6.95. The van der Waals surface area contributed by atoms with Gasteiger partial charge in [-0.15, -0.1) is 0 Å². The molecule has 30 heavy (non-hydrogen) atoms. The van der Waals surface area contributed by atoms with Crippen molar-refractivity contribution in [1.82, 2.24) is 5.32 Å². The zero-order chi connectivity index (χ0) is 21.3. The standard InChI is InChI=1S/C27H33FN2/c1-4-5-17-29-21(3)11-9-10-14-23-15-16-26(28)24-18-20(2)25(19-30-27(23)24)22-12-7-6-8-13-22/h6-8,12-13,15-16,19,29-30H,2-5,9-11,14,17-18H2,1H3. The van der Waals surface area contributed by atoms with Crippen molar-refractivity contribution < 1.29 is 4.39 Å². The second-order valence-corrected chi connectivity index (χ2v) is 8.00. The second kappa shape index (κ2) is 10.8. The molecule has 0 atom stereocenters. The van der Waals surface area contributed by atoms with E-state index in [1.165, 1.54) is 12.8 Å². The van der Waals surface area contributed by atoms with Gasteiger partial charge in [-0.05, 0) is 54.9 Å². The minimum Gasteiger partial charge on any atom is -0.389 e. The van der Waals surface area contributed by atoms with E-state index in [2.05, 4.69) is 42.8 Å². The molecule has 0 saturated heterocycles. The molecule has 0 saturated carbocycles. The average molecular weight is 405 g/mol. The maximum atomic E-state index is 14.7. The van der Waals surface area contributed by atoms with Gasteiger partial charge in [0.05, 0.1) is 0 Å². The van der Waals surface area contributed by atoms with Crippen LogP contribution in [0.3, 0.4) is 0 Å². The van der Waals surface area contributed by atoms with Crippen LogP contribution in [0.5, 0.6) is 0 Å². The minimum absolute atomic E-state index is 0.168. The van der Waals surface area contributed by atoms with Gasteiger partial charge < -0.3 is 10.6 Å². The van der Waals surface area contributed by atoms with E-state index < -0.39 is 0 Å². The predicted octanol–water partition coefficient (Wildman–Crippen LogP) is 7.01. The van der Waals surface area contributed by atoms with Gasteiger partial charge in [0.1, 0.15) is 5.82 Å². The largest absolute Gasteiger partial charge is 0.389 e. The number of unbranched alkanes of at least 4 members (excludes halogenated alkanes) is 2. The third kappa shape index (κ3) is 5.63. The predicted molar refractivity (Wildman–Crippen MR) is 127 cm³/mol. The fourth-order valence-corrected chi connectivity index (χ4v) is 3.88. The summed E-state index contributed by atoms with van der Waals surface area (Å²) in [6.45, 7) is 11.6. The topological polar surface area (TPSA) is 24.1 Å². The Bertz CT molecular complexity index is 912. The molecule has 3 heteroatoms. The number of halogens is 1. The van der Waals surface area contributed by atoms with E-state index in [1.54, 1.807) is 6.07 Å². The van der Waals surface area contributed by atoms with E-state index in [0.29, 0.717) is 12.0 Å². The quantitative estimate of drug-likeness (QED) is 0.416. The molecule has 1 aliphatic rings. The van der Waals surface area contributed by atoms with Crippen LogP contribution in [0.25, 0.3) is 5.57 Å². The fourth-order valence-electron chi connectivity index (χ4n) is 3.88. The highest BCUT2D eigenvalue weighted by Crippen LogP contribution is 2.35. The molecular weight excluding hydrogens is 371 g/mol. The normalized spacial score (nSPS) is 13.1. The van der Waals surface area contributed by atoms with Crippen LogP contribution in [-0.2, 0) is 12.8 Å². The van der Waals surface area contributed by atoms with Gasteiger partial charge in [-0.1, -0.05) is 62.9 Å². The first-order valence-electron chi connectivity index (χ1n) is 11.0. The molecule has 0 radical (unpaired) electrons. The summed E-state index contributed by atoms with van der Waals surface area (Å²) in [6, 6.07) is 13.7. The smallest absolute Gasteiger partial charge is 0.128 e. The van der Waals surface area contributed by atoms with Crippen molar-refractivity contribution in [3.63, 3.8) is 0 Å². The molecule has 0 fully saturated rings. The Morgan fingerprint density at radius 2 is 1.90 bits per heavy atom. The van der Waals surface area contributed by atoms with Crippen molar-refractivity contribution in [3.05, 3.63) is 95.6 Å². The number of aryl methyl sites for hydroxylation is 1. The van der Waals surface area contributed by atoms with Crippen molar-refractivity contribution in [3.8, 4) is 0 Å². The van der Waals surface area contributed by atoms with Crippen LogP contribution in [0.4, 0.5) is 10.1 Å². The summed E-state index contributed by atoms with van der Waals surface area (Å²) < 4.78 is 14.7. The van der Waals surface area contributed by atoms with Crippen LogP contribution in [0.1, 0.15) is 55.7 Å². The highest BCUT2D eigenvalue weighted by atomic mass is 19.1. The van der Waals surface area contributed by atoms with Gasteiger partial charge in [-0.3, -0.25) is 0 Å². The molecule has 0 amide bonds. The van der Waals surface area contributed by atoms with E-state index in [1.807, 2.05) is 30.5 Å². The van der Waals surface area contributed by atoms with Crippen molar-refractivity contribution in [2.45, 2.75) is 51.9 Å². The molecule has 2 N–H and O–H groups in total.